The van der Waals surface area contributed by atoms with Gasteiger partial charge in [0, 0.05) is 12.1 Å². The number of carbonyl (C=O) groups is 1. The Morgan fingerprint density at radius 3 is 2.56 bits per heavy atom. The van der Waals surface area contributed by atoms with Gasteiger partial charge in [-0.05, 0) is 36.2 Å². The predicted octanol–water partition coefficient (Wildman–Crippen LogP) is 2.41. The van der Waals surface area contributed by atoms with E-state index in [0.29, 0.717) is 12.3 Å². The predicted molar refractivity (Wildman–Crippen MR) is 96.2 cm³/mol. The molecule has 0 radical (unpaired) electrons. The number of amides is 1. The van der Waals surface area contributed by atoms with Crippen LogP contribution in [0, 0.1) is 0 Å². The molecule has 0 aromatic heterocycles. The number of oxime groups is 1. The number of rotatable bonds is 9. The Hall–Kier alpha value is -3.02. The van der Waals surface area contributed by atoms with Crippen LogP contribution in [0.1, 0.15) is 11.1 Å². The number of carbonyl (C=O) groups excluding carboxylic acids is 1. The highest BCUT2D eigenvalue weighted by Gasteiger charge is 2.02. The third-order valence-electron chi connectivity index (χ3n) is 3.50. The minimum absolute atomic E-state index is 0.131. The van der Waals surface area contributed by atoms with Crippen LogP contribution in [-0.2, 0) is 16.1 Å². The van der Waals surface area contributed by atoms with Crippen LogP contribution in [-0.4, -0.2) is 39.5 Å². The van der Waals surface area contributed by atoms with E-state index in [9.17, 15) is 4.79 Å². The van der Waals surface area contributed by atoms with E-state index in [1.165, 1.54) is 6.21 Å². The molecular weight excluding hydrogens is 320 g/mol. The van der Waals surface area contributed by atoms with Crippen molar-refractivity contribution in [3.63, 3.8) is 0 Å². The average molecular weight is 342 g/mol. The van der Waals surface area contributed by atoms with Crippen molar-refractivity contribution < 1.29 is 19.1 Å². The summed E-state index contributed by atoms with van der Waals surface area (Å²) < 4.78 is 10.3. The lowest BCUT2D eigenvalue weighted by atomic mass is 10.1. The molecule has 6 heteroatoms. The van der Waals surface area contributed by atoms with Gasteiger partial charge in [0.15, 0.2) is 6.61 Å². The molecule has 25 heavy (non-hydrogen) atoms. The minimum Gasteiger partial charge on any atom is -0.497 e. The number of ether oxygens (including phenoxy) is 2. The van der Waals surface area contributed by atoms with Gasteiger partial charge < -0.3 is 19.6 Å². The molecule has 2 rings (SSSR count). The van der Waals surface area contributed by atoms with Gasteiger partial charge in [-0.1, -0.05) is 29.4 Å². The van der Waals surface area contributed by atoms with E-state index in [2.05, 4.69) is 10.5 Å². The minimum atomic E-state index is -0.217. The van der Waals surface area contributed by atoms with Crippen LogP contribution in [0.25, 0.3) is 0 Å². The third-order valence-corrected chi connectivity index (χ3v) is 3.50. The first kappa shape index (κ1) is 18.3. The van der Waals surface area contributed by atoms with Gasteiger partial charge in [0.1, 0.15) is 11.5 Å². The molecule has 2 aromatic carbocycles. The summed E-state index contributed by atoms with van der Waals surface area (Å²) in [5, 5.41) is 6.58. The maximum atomic E-state index is 11.7. The molecule has 0 saturated heterocycles. The van der Waals surface area contributed by atoms with Crippen LogP contribution < -0.4 is 14.8 Å². The van der Waals surface area contributed by atoms with Gasteiger partial charge in [0.25, 0.3) is 5.91 Å². The summed E-state index contributed by atoms with van der Waals surface area (Å²) in [5.41, 5.74) is 1.90. The van der Waals surface area contributed by atoms with Gasteiger partial charge in [-0.15, -0.1) is 0 Å². The zero-order chi connectivity index (χ0) is 17.9. The van der Waals surface area contributed by atoms with E-state index in [4.69, 9.17) is 14.3 Å². The van der Waals surface area contributed by atoms with E-state index in [-0.39, 0.29) is 12.5 Å². The van der Waals surface area contributed by atoms with Crippen LogP contribution in [0.4, 0.5) is 0 Å². The molecule has 132 valence electrons. The van der Waals surface area contributed by atoms with E-state index < -0.39 is 0 Å². The standard InChI is InChI=1S/C19H22N2O4/c1-23-17-9-7-15(8-10-17)11-12-20-19(22)14-25-21-13-16-5-3-4-6-18(16)24-2/h3-10,13H,11-12,14H2,1-2H3,(H,20,22)/b21-13-. The topological polar surface area (TPSA) is 69.2 Å². The number of hydrogen-bond donors (Lipinski definition) is 1. The van der Waals surface area contributed by atoms with Crippen molar-refractivity contribution in [1.82, 2.24) is 5.32 Å². The van der Waals surface area contributed by atoms with E-state index >= 15 is 0 Å². The highest BCUT2D eigenvalue weighted by molar-refractivity contribution is 5.83. The van der Waals surface area contributed by atoms with Crippen LogP contribution in [0.15, 0.2) is 53.7 Å². The van der Waals surface area contributed by atoms with E-state index in [1.807, 2.05) is 48.5 Å². The summed E-state index contributed by atoms with van der Waals surface area (Å²) in [5.74, 6) is 1.29. The molecule has 0 saturated carbocycles. The van der Waals surface area contributed by atoms with Crippen molar-refractivity contribution in [1.29, 1.82) is 0 Å². The summed E-state index contributed by atoms with van der Waals surface area (Å²) in [6.07, 6.45) is 2.25. The van der Waals surface area contributed by atoms with Gasteiger partial charge >= 0.3 is 0 Å². The first-order valence-electron chi connectivity index (χ1n) is 7.91. The van der Waals surface area contributed by atoms with Gasteiger partial charge in [-0.25, -0.2) is 0 Å². The van der Waals surface area contributed by atoms with E-state index in [0.717, 1.165) is 23.3 Å². The molecule has 1 N–H and O–H groups in total. The monoisotopic (exact) mass is 342 g/mol. The molecule has 0 atom stereocenters. The summed E-state index contributed by atoms with van der Waals surface area (Å²) in [7, 11) is 3.22. The number of nitrogens with zero attached hydrogens (tertiary/aromatic N) is 1. The number of benzene rings is 2. The van der Waals surface area contributed by atoms with Crippen LogP contribution in [0.3, 0.4) is 0 Å². The van der Waals surface area contributed by atoms with Crippen LogP contribution in [0.5, 0.6) is 11.5 Å². The Kier molecular flexibility index (Phi) is 7.31. The molecule has 0 spiro atoms. The number of hydrogen-bond acceptors (Lipinski definition) is 5. The first-order chi connectivity index (χ1) is 12.2. The normalized spacial score (nSPS) is 10.5. The molecular formula is C19H22N2O4. The fraction of sp³-hybridized carbons (Fsp3) is 0.263. The van der Waals surface area contributed by atoms with Crippen molar-refractivity contribution >= 4 is 12.1 Å². The number of para-hydroxylation sites is 1. The molecule has 0 aliphatic heterocycles. The summed E-state index contributed by atoms with van der Waals surface area (Å²) in [6.45, 7) is 0.402. The quantitative estimate of drug-likeness (QED) is 0.561. The molecule has 0 bridgehead atoms. The molecule has 1 amide bonds. The lowest BCUT2D eigenvalue weighted by Gasteiger charge is -2.06. The second-order valence-electron chi connectivity index (χ2n) is 5.20. The molecule has 6 nitrogen and oxygen atoms in total. The third kappa shape index (κ3) is 6.18. The van der Waals surface area contributed by atoms with Crippen molar-refractivity contribution in [2.75, 3.05) is 27.4 Å². The maximum Gasteiger partial charge on any atom is 0.260 e. The second kappa shape index (κ2) is 9.97. The Morgan fingerprint density at radius 1 is 1.08 bits per heavy atom. The fourth-order valence-electron chi connectivity index (χ4n) is 2.15. The Labute approximate surface area is 147 Å². The average Bonchev–Trinajstić information content (AvgIpc) is 2.66. The molecule has 0 aliphatic carbocycles. The highest BCUT2D eigenvalue weighted by atomic mass is 16.6. The summed E-state index contributed by atoms with van der Waals surface area (Å²) in [6, 6.07) is 15.1. The Bertz CT molecular complexity index is 699. The molecule has 0 fully saturated rings. The lowest BCUT2D eigenvalue weighted by molar-refractivity contribution is -0.125. The van der Waals surface area contributed by atoms with Gasteiger partial charge in [0.2, 0.25) is 0 Å². The number of methoxy groups -OCH3 is 2. The van der Waals surface area contributed by atoms with Crippen molar-refractivity contribution in [3.8, 4) is 11.5 Å². The van der Waals surface area contributed by atoms with Gasteiger partial charge in [-0.2, -0.15) is 0 Å². The zero-order valence-corrected chi connectivity index (χ0v) is 14.4. The first-order valence-corrected chi connectivity index (χ1v) is 7.91. The number of nitrogens with one attached hydrogen (secondary N) is 1. The zero-order valence-electron chi connectivity index (χ0n) is 14.4. The largest absolute Gasteiger partial charge is 0.497 e. The van der Waals surface area contributed by atoms with Crippen LogP contribution >= 0.6 is 0 Å². The molecule has 0 unspecified atom stereocenters. The van der Waals surface area contributed by atoms with Crippen LogP contribution in [0.2, 0.25) is 0 Å². The Balaban J connectivity index is 1.67. The molecule has 0 heterocycles. The van der Waals surface area contributed by atoms with Crippen molar-refractivity contribution in [2.45, 2.75) is 6.42 Å². The van der Waals surface area contributed by atoms with E-state index in [1.54, 1.807) is 14.2 Å². The summed E-state index contributed by atoms with van der Waals surface area (Å²) in [4.78, 5) is 16.7. The molecule has 2 aromatic rings. The summed E-state index contributed by atoms with van der Waals surface area (Å²) >= 11 is 0. The molecule has 0 aliphatic rings. The Morgan fingerprint density at radius 2 is 1.84 bits per heavy atom. The lowest BCUT2D eigenvalue weighted by Crippen LogP contribution is -2.28. The highest BCUT2D eigenvalue weighted by Crippen LogP contribution is 2.14. The maximum absolute atomic E-state index is 11.7. The smallest absolute Gasteiger partial charge is 0.260 e. The fourth-order valence-corrected chi connectivity index (χ4v) is 2.15. The van der Waals surface area contributed by atoms with Gasteiger partial charge in [0.05, 0.1) is 20.4 Å². The second-order valence-corrected chi connectivity index (χ2v) is 5.20. The van der Waals surface area contributed by atoms with Gasteiger partial charge in [-0.3, -0.25) is 4.79 Å². The SMILES string of the molecule is COc1ccc(CCNC(=O)CO/N=C\c2ccccc2OC)cc1. The van der Waals surface area contributed by atoms with Crippen molar-refractivity contribution in [3.05, 3.63) is 59.7 Å². The van der Waals surface area contributed by atoms with Crippen molar-refractivity contribution in [2.24, 2.45) is 5.16 Å².